The van der Waals surface area contributed by atoms with Gasteiger partial charge in [0.05, 0.1) is 0 Å². The van der Waals surface area contributed by atoms with Gasteiger partial charge < -0.3 is 16.0 Å². The molecule has 1 aliphatic heterocycles. The molecule has 4 nitrogen and oxygen atoms in total. The van der Waals surface area contributed by atoms with E-state index in [1.54, 1.807) is 0 Å². The number of nitrogens with two attached hydrogens (primary N) is 1. The standard InChI is InChI=1S/C22H27N3O/c1-15-4-3-11-25(15)21-10-9-18(12-19(21)14-23)17-5-2-6-20(13-17)24-22(26)16-7-8-16/h2,5-6,9-10,12-13,15-16H,3-4,7-8,11,14,23H2,1H3,(H,24,26)/t15-/m1/s1. The van der Waals surface area contributed by atoms with Gasteiger partial charge in [-0.05, 0) is 73.6 Å². The second-order valence-electron chi connectivity index (χ2n) is 7.58. The van der Waals surface area contributed by atoms with Crippen LogP contribution in [0.4, 0.5) is 11.4 Å². The molecule has 2 fully saturated rings. The van der Waals surface area contributed by atoms with E-state index >= 15 is 0 Å². The zero-order valence-electron chi connectivity index (χ0n) is 15.4. The van der Waals surface area contributed by atoms with Crippen molar-refractivity contribution in [2.75, 3.05) is 16.8 Å². The van der Waals surface area contributed by atoms with Crippen LogP contribution in [0.5, 0.6) is 0 Å². The number of carbonyl (C=O) groups is 1. The molecule has 136 valence electrons. The molecule has 2 aromatic carbocycles. The van der Waals surface area contributed by atoms with E-state index in [1.165, 1.54) is 24.1 Å². The van der Waals surface area contributed by atoms with Gasteiger partial charge in [0.1, 0.15) is 0 Å². The first-order valence-corrected chi connectivity index (χ1v) is 9.66. The summed E-state index contributed by atoms with van der Waals surface area (Å²) in [5, 5.41) is 3.03. The van der Waals surface area contributed by atoms with E-state index in [4.69, 9.17) is 5.73 Å². The summed E-state index contributed by atoms with van der Waals surface area (Å²) in [6.45, 7) is 3.92. The molecule has 0 unspecified atom stereocenters. The number of hydrogen-bond donors (Lipinski definition) is 2. The molecule has 1 aliphatic carbocycles. The molecule has 1 atom stereocenters. The van der Waals surface area contributed by atoms with Crippen LogP contribution in [0.1, 0.15) is 38.2 Å². The number of nitrogens with one attached hydrogen (secondary N) is 1. The summed E-state index contributed by atoms with van der Waals surface area (Å²) in [6, 6.07) is 15.2. The van der Waals surface area contributed by atoms with Gasteiger partial charge in [-0.25, -0.2) is 0 Å². The number of nitrogens with zero attached hydrogens (tertiary/aromatic N) is 1. The second-order valence-corrected chi connectivity index (χ2v) is 7.58. The van der Waals surface area contributed by atoms with Crippen LogP contribution in [0, 0.1) is 5.92 Å². The number of benzene rings is 2. The topological polar surface area (TPSA) is 58.4 Å². The minimum absolute atomic E-state index is 0.142. The third kappa shape index (κ3) is 3.47. The Hall–Kier alpha value is -2.33. The van der Waals surface area contributed by atoms with Crippen LogP contribution in [0.3, 0.4) is 0 Å². The molecule has 0 aromatic heterocycles. The van der Waals surface area contributed by atoms with Crippen LogP contribution in [0.15, 0.2) is 42.5 Å². The first-order valence-electron chi connectivity index (χ1n) is 9.66. The van der Waals surface area contributed by atoms with Crippen molar-refractivity contribution < 1.29 is 4.79 Å². The Kier molecular flexibility index (Phi) is 4.68. The van der Waals surface area contributed by atoms with Gasteiger partial charge in [0.25, 0.3) is 0 Å². The Morgan fingerprint density at radius 1 is 1.15 bits per heavy atom. The summed E-state index contributed by atoms with van der Waals surface area (Å²) < 4.78 is 0. The lowest BCUT2D eigenvalue weighted by molar-refractivity contribution is -0.117. The normalized spacial score (nSPS) is 19.6. The van der Waals surface area contributed by atoms with Gasteiger partial charge in [-0.15, -0.1) is 0 Å². The Balaban J connectivity index is 1.60. The molecule has 1 saturated heterocycles. The van der Waals surface area contributed by atoms with Crippen LogP contribution < -0.4 is 16.0 Å². The predicted molar refractivity (Wildman–Crippen MR) is 107 cm³/mol. The summed E-state index contributed by atoms with van der Waals surface area (Å²) in [4.78, 5) is 14.5. The van der Waals surface area contributed by atoms with Crippen LogP contribution in [0.2, 0.25) is 0 Å². The van der Waals surface area contributed by atoms with Crippen molar-refractivity contribution in [3.63, 3.8) is 0 Å². The average molecular weight is 349 g/mol. The number of hydrogen-bond acceptors (Lipinski definition) is 3. The van der Waals surface area contributed by atoms with Crippen molar-refractivity contribution in [3.8, 4) is 11.1 Å². The van der Waals surface area contributed by atoms with E-state index in [0.717, 1.165) is 36.2 Å². The smallest absolute Gasteiger partial charge is 0.227 e. The highest BCUT2D eigenvalue weighted by Crippen LogP contribution is 2.33. The monoisotopic (exact) mass is 349 g/mol. The van der Waals surface area contributed by atoms with Crippen LogP contribution in [-0.2, 0) is 11.3 Å². The van der Waals surface area contributed by atoms with Crippen molar-refractivity contribution in [3.05, 3.63) is 48.0 Å². The molecule has 26 heavy (non-hydrogen) atoms. The molecule has 1 saturated carbocycles. The number of anilines is 2. The van der Waals surface area contributed by atoms with E-state index in [1.807, 2.05) is 18.2 Å². The summed E-state index contributed by atoms with van der Waals surface area (Å²) >= 11 is 0. The summed E-state index contributed by atoms with van der Waals surface area (Å²) in [5.41, 5.74) is 11.6. The van der Waals surface area contributed by atoms with Crippen molar-refractivity contribution in [2.45, 2.75) is 45.2 Å². The lowest BCUT2D eigenvalue weighted by atomic mass is 10.0. The lowest BCUT2D eigenvalue weighted by Crippen LogP contribution is -2.27. The Morgan fingerprint density at radius 2 is 1.96 bits per heavy atom. The summed E-state index contributed by atoms with van der Waals surface area (Å²) in [5.74, 6) is 0.354. The van der Waals surface area contributed by atoms with Crippen molar-refractivity contribution in [2.24, 2.45) is 11.7 Å². The lowest BCUT2D eigenvalue weighted by Gasteiger charge is -2.26. The fourth-order valence-corrected chi connectivity index (χ4v) is 3.87. The fourth-order valence-electron chi connectivity index (χ4n) is 3.87. The van der Waals surface area contributed by atoms with E-state index in [0.29, 0.717) is 12.6 Å². The third-order valence-corrected chi connectivity index (χ3v) is 5.57. The van der Waals surface area contributed by atoms with Gasteiger partial charge in [-0.3, -0.25) is 4.79 Å². The molecule has 4 heteroatoms. The molecular weight excluding hydrogens is 322 g/mol. The molecule has 0 bridgehead atoms. The van der Waals surface area contributed by atoms with E-state index in [9.17, 15) is 4.79 Å². The van der Waals surface area contributed by atoms with Gasteiger partial charge in [-0.2, -0.15) is 0 Å². The van der Waals surface area contributed by atoms with E-state index in [-0.39, 0.29) is 11.8 Å². The molecule has 2 aromatic rings. The molecule has 3 N–H and O–H groups in total. The maximum absolute atomic E-state index is 12.0. The largest absolute Gasteiger partial charge is 0.369 e. The van der Waals surface area contributed by atoms with Crippen LogP contribution in [0.25, 0.3) is 11.1 Å². The number of rotatable bonds is 5. The minimum atomic E-state index is 0.142. The molecule has 1 heterocycles. The fraction of sp³-hybridized carbons (Fsp3) is 0.409. The number of carbonyl (C=O) groups excluding carboxylic acids is 1. The summed E-state index contributed by atoms with van der Waals surface area (Å²) in [6.07, 6.45) is 4.52. The van der Waals surface area contributed by atoms with Gasteiger partial charge in [0.15, 0.2) is 0 Å². The molecule has 1 amide bonds. The van der Waals surface area contributed by atoms with Gasteiger partial charge in [0.2, 0.25) is 5.91 Å². The summed E-state index contributed by atoms with van der Waals surface area (Å²) in [7, 11) is 0. The Labute approximate surface area is 155 Å². The molecule has 0 radical (unpaired) electrons. The maximum Gasteiger partial charge on any atom is 0.227 e. The SMILES string of the molecule is C[C@@H]1CCCN1c1ccc(-c2cccc(NC(=O)C3CC3)c2)cc1CN. The van der Waals surface area contributed by atoms with Gasteiger partial charge >= 0.3 is 0 Å². The number of amides is 1. The Bertz CT molecular complexity index is 813. The molecular formula is C22H27N3O. The molecule has 2 aliphatic rings. The zero-order chi connectivity index (χ0) is 18.1. The van der Waals surface area contributed by atoms with Gasteiger partial charge in [-0.1, -0.05) is 18.2 Å². The second kappa shape index (κ2) is 7.12. The first-order chi connectivity index (χ1) is 12.7. The van der Waals surface area contributed by atoms with E-state index in [2.05, 4.69) is 41.4 Å². The van der Waals surface area contributed by atoms with E-state index < -0.39 is 0 Å². The quantitative estimate of drug-likeness (QED) is 0.852. The maximum atomic E-state index is 12.0. The highest BCUT2D eigenvalue weighted by atomic mass is 16.2. The zero-order valence-corrected chi connectivity index (χ0v) is 15.4. The van der Waals surface area contributed by atoms with Crippen LogP contribution >= 0.6 is 0 Å². The average Bonchev–Trinajstić information content (AvgIpc) is 3.43. The molecule has 4 rings (SSSR count). The van der Waals surface area contributed by atoms with Crippen molar-refractivity contribution in [1.29, 1.82) is 0 Å². The highest BCUT2D eigenvalue weighted by Gasteiger charge is 2.29. The van der Waals surface area contributed by atoms with Crippen LogP contribution in [-0.4, -0.2) is 18.5 Å². The predicted octanol–water partition coefficient (Wildman–Crippen LogP) is 4.15. The van der Waals surface area contributed by atoms with Crippen molar-refractivity contribution >= 4 is 17.3 Å². The highest BCUT2D eigenvalue weighted by molar-refractivity contribution is 5.94. The Morgan fingerprint density at radius 3 is 2.65 bits per heavy atom. The third-order valence-electron chi connectivity index (χ3n) is 5.57. The van der Waals surface area contributed by atoms with Crippen molar-refractivity contribution in [1.82, 2.24) is 0 Å². The molecule has 0 spiro atoms. The van der Waals surface area contributed by atoms with Gasteiger partial charge in [0, 0.05) is 36.4 Å². The first kappa shape index (κ1) is 17.1. The minimum Gasteiger partial charge on any atom is -0.369 e.